The van der Waals surface area contributed by atoms with Gasteiger partial charge in [-0.15, -0.1) is 5.10 Å². The Hall–Kier alpha value is -1.34. The number of rotatable bonds is 12. The molecule has 0 aromatic carbocycles. The number of ether oxygens (including phenoxy) is 1. The highest BCUT2D eigenvalue weighted by Crippen LogP contribution is 2.50. The van der Waals surface area contributed by atoms with E-state index in [4.69, 9.17) is 13.8 Å². The van der Waals surface area contributed by atoms with Gasteiger partial charge in [0.2, 0.25) is 11.9 Å². The van der Waals surface area contributed by atoms with E-state index in [9.17, 15) is 9.36 Å². The monoisotopic (exact) mass is 612 g/mol. The number of halogens is 1. The number of amides is 1. The van der Waals surface area contributed by atoms with Gasteiger partial charge in [0.15, 0.2) is 11.5 Å². The summed E-state index contributed by atoms with van der Waals surface area (Å²) in [6.07, 6.45) is 1.10. The topological polar surface area (TPSA) is 129 Å². The zero-order valence-electron chi connectivity index (χ0n) is 21.5. The molecule has 2 rings (SSSR count). The second-order valence-corrected chi connectivity index (χ2v) is 10.7. The molecule has 0 saturated heterocycles. The van der Waals surface area contributed by atoms with Crippen LogP contribution in [-0.2, 0) is 29.6 Å². The Morgan fingerprint density at radius 3 is 2.21 bits per heavy atom. The highest BCUT2D eigenvalue weighted by atomic mass is 127. The fraction of sp³-hybridized carbons (Fsp3) is 0.714. The Labute approximate surface area is 216 Å². The number of fused-ring (bicyclic) bond motifs is 1. The number of aromatic nitrogens is 4. The summed E-state index contributed by atoms with van der Waals surface area (Å²) in [5, 5.41) is 7.12. The number of imidazole rings is 1. The van der Waals surface area contributed by atoms with Crippen molar-refractivity contribution in [3.63, 3.8) is 0 Å². The molecule has 11 nitrogen and oxygen atoms in total. The first-order valence-corrected chi connectivity index (χ1v) is 14.2. The molecule has 1 unspecified atom stereocenters. The van der Waals surface area contributed by atoms with Crippen LogP contribution in [0.5, 0.6) is 0 Å². The lowest BCUT2D eigenvalue weighted by Gasteiger charge is -2.24. The molecule has 34 heavy (non-hydrogen) atoms. The molecule has 0 bridgehead atoms. The van der Waals surface area contributed by atoms with Gasteiger partial charge in [-0.05, 0) is 34.6 Å². The van der Waals surface area contributed by atoms with Gasteiger partial charge in [-0.3, -0.25) is 14.7 Å². The molecule has 2 aromatic rings. The first-order valence-electron chi connectivity index (χ1n) is 11.4. The molecule has 13 heteroatoms. The van der Waals surface area contributed by atoms with Gasteiger partial charge >= 0.3 is 7.60 Å². The third kappa shape index (κ3) is 9.37. The van der Waals surface area contributed by atoms with Crippen LogP contribution in [0.15, 0.2) is 6.20 Å². The Morgan fingerprint density at radius 1 is 1.12 bits per heavy atom. The van der Waals surface area contributed by atoms with Gasteiger partial charge in [-0.2, -0.15) is 4.98 Å². The van der Waals surface area contributed by atoms with Gasteiger partial charge in [-0.25, -0.2) is 9.50 Å². The number of carbonyl (C=O) groups excluding carboxylic acids is 1. The molecular formula is C21H38IN6O5P. The summed E-state index contributed by atoms with van der Waals surface area (Å²) in [6, 6.07) is 0. The van der Waals surface area contributed by atoms with Crippen molar-refractivity contribution >= 4 is 53.8 Å². The predicted molar refractivity (Wildman–Crippen MR) is 142 cm³/mol. The van der Waals surface area contributed by atoms with Crippen LogP contribution < -0.4 is 8.85 Å². The van der Waals surface area contributed by atoms with Gasteiger partial charge in [0.05, 0.1) is 53.1 Å². The van der Waals surface area contributed by atoms with E-state index in [1.807, 2.05) is 43.6 Å². The largest absolute Gasteiger partial charge is 0.365 e. The Bertz CT molecular complexity index is 955. The van der Waals surface area contributed by atoms with E-state index in [1.165, 1.54) is 0 Å². The number of nitrogens with zero attached hydrogens (tertiary/aromatic N) is 4. The van der Waals surface area contributed by atoms with Crippen molar-refractivity contribution < 1.29 is 23.1 Å². The SMILES string of the molecule is CC.CC(C)OP(=O)(COC(C)Cc1cnc2c(NI)nc(NC(=O)C(C)C)nn12)OC(C)C. The van der Waals surface area contributed by atoms with Gasteiger partial charge in [0.25, 0.3) is 0 Å². The third-order valence-electron chi connectivity index (χ3n) is 4.04. The molecule has 2 N–H and O–H groups in total. The highest BCUT2D eigenvalue weighted by Gasteiger charge is 2.29. The van der Waals surface area contributed by atoms with Crippen LogP contribution >= 0.6 is 30.5 Å². The lowest BCUT2D eigenvalue weighted by Crippen LogP contribution is -2.21. The van der Waals surface area contributed by atoms with Crippen molar-refractivity contribution in [2.24, 2.45) is 5.92 Å². The zero-order valence-corrected chi connectivity index (χ0v) is 24.5. The van der Waals surface area contributed by atoms with Crippen LogP contribution in [0.25, 0.3) is 5.65 Å². The maximum atomic E-state index is 13.0. The van der Waals surface area contributed by atoms with Gasteiger partial charge in [0.1, 0.15) is 6.35 Å². The molecule has 0 saturated carbocycles. The standard InChI is InChI=1S/C19H32IN6O5P.C2H6/c1-11(2)18(27)23-19-22-16(24-20)17-21-9-15(26(17)25-19)8-14(7)29-10-32(28,30-12(3)4)31-13(5)6;1-2/h9,11-14H,8,10H2,1-7H3,(H2,22,23,24,25,27);1-2H3. The summed E-state index contributed by atoms with van der Waals surface area (Å²) in [5.74, 6) is 0.244. The third-order valence-corrected chi connectivity index (χ3v) is 6.50. The molecule has 1 atom stereocenters. The predicted octanol–water partition coefficient (Wildman–Crippen LogP) is 5.46. The van der Waals surface area contributed by atoms with Crippen molar-refractivity contribution in [3.05, 3.63) is 11.9 Å². The van der Waals surface area contributed by atoms with E-state index >= 15 is 0 Å². The van der Waals surface area contributed by atoms with Gasteiger partial charge in [-0.1, -0.05) is 27.7 Å². The molecule has 0 fully saturated rings. The summed E-state index contributed by atoms with van der Waals surface area (Å²) in [5.41, 5.74) is 1.26. The molecule has 0 aliphatic rings. The van der Waals surface area contributed by atoms with Crippen LogP contribution in [0.3, 0.4) is 0 Å². The average Bonchev–Trinajstić information content (AvgIpc) is 3.14. The molecule has 0 spiro atoms. The van der Waals surface area contributed by atoms with Crippen molar-refractivity contribution in [3.8, 4) is 0 Å². The average molecular weight is 612 g/mol. The van der Waals surface area contributed by atoms with Crippen LogP contribution in [-0.4, -0.2) is 50.1 Å². The van der Waals surface area contributed by atoms with Crippen molar-refractivity contribution in [2.75, 3.05) is 15.2 Å². The van der Waals surface area contributed by atoms with Gasteiger partial charge < -0.3 is 17.3 Å². The smallest absolute Gasteiger partial charge is 0.356 e. The molecule has 2 aromatic heterocycles. The summed E-state index contributed by atoms with van der Waals surface area (Å²) >= 11 is 1.95. The fourth-order valence-electron chi connectivity index (χ4n) is 2.74. The molecule has 0 radical (unpaired) electrons. The van der Waals surface area contributed by atoms with E-state index in [1.54, 1.807) is 52.3 Å². The lowest BCUT2D eigenvalue weighted by atomic mass is 10.2. The highest BCUT2D eigenvalue weighted by molar-refractivity contribution is 14.1. The van der Waals surface area contributed by atoms with Crippen molar-refractivity contribution in [2.45, 2.75) is 87.0 Å². The molecule has 0 aliphatic heterocycles. The van der Waals surface area contributed by atoms with Crippen molar-refractivity contribution in [1.29, 1.82) is 0 Å². The summed E-state index contributed by atoms with van der Waals surface area (Å²) in [7, 11) is -3.40. The first-order chi connectivity index (χ1) is 15.9. The maximum Gasteiger partial charge on any atom is 0.356 e. The summed E-state index contributed by atoms with van der Waals surface area (Å²) in [4.78, 5) is 20.8. The Balaban J connectivity index is 0.00000281. The Morgan fingerprint density at radius 2 is 1.71 bits per heavy atom. The lowest BCUT2D eigenvalue weighted by molar-refractivity contribution is -0.118. The van der Waals surface area contributed by atoms with Crippen LogP contribution in [0, 0.1) is 5.92 Å². The molecule has 194 valence electrons. The second kappa shape index (κ2) is 14.3. The molecule has 1 amide bonds. The molecule has 0 aliphatic carbocycles. The number of carbonyl (C=O) groups is 1. The van der Waals surface area contributed by atoms with E-state index < -0.39 is 7.60 Å². The minimum atomic E-state index is -3.40. The van der Waals surface area contributed by atoms with E-state index in [2.05, 4.69) is 23.9 Å². The molecular weight excluding hydrogens is 574 g/mol. The first kappa shape index (κ1) is 30.7. The summed E-state index contributed by atoms with van der Waals surface area (Å²) in [6.45, 7) is 16.6. The van der Waals surface area contributed by atoms with Gasteiger partial charge in [0, 0.05) is 12.3 Å². The fourth-order valence-corrected chi connectivity index (χ4v) is 4.99. The number of anilines is 2. The van der Waals surface area contributed by atoms with Crippen LogP contribution in [0.4, 0.5) is 11.8 Å². The number of hydrogen-bond donors (Lipinski definition) is 2. The molecule has 2 heterocycles. The van der Waals surface area contributed by atoms with Crippen LogP contribution in [0.2, 0.25) is 0 Å². The Kier molecular flexibility index (Phi) is 12.9. The summed E-state index contributed by atoms with van der Waals surface area (Å²) < 4.78 is 34.4. The van der Waals surface area contributed by atoms with E-state index in [0.717, 1.165) is 5.69 Å². The van der Waals surface area contributed by atoms with E-state index in [-0.39, 0.29) is 42.4 Å². The van der Waals surface area contributed by atoms with Crippen LogP contribution in [0.1, 0.15) is 68.0 Å². The minimum absolute atomic E-state index is 0.160. The zero-order chi connectivity index (χ0) is 26.1. The second-order valence-electron chi connectivity index (χ2n) is 8.24. The van der Waals surface area contributed by atoms with Crippen molar-refractivity contribution in [1.82, 2.24) is 19.6 Å². The number of nitrogens with one attached hydrogen (secondary N) is 2. The minimum Gasteiger partial charge on any atom is -0.365 e. The maximum absolute atomic E-state index is 13.0. The quantitative estimate of drug-likeness (QED) is 0.183. The normalized spacial score (nSPS) is 12.7. The van der Waals surface area contributed by atoms with E-state index in [0.29, 0.717) is 17.9 Å². The number of hydrogen-bond acceptors (Lipinski definition) is 9.